The van der Waals surface area contributed by atoms with E-state index in [0.29, 0.717) is 30.4 Å². The normalized spacial score (nSPS) is 11.8. The van der Waals surface area contributed by atoms with Crippen LogP contribution in [0.4, 0.5) is 0 Å². The highest BCUT2D eigenvalue weighted by Gasteiger charge is 2.24. The van der Waals surface area contributed by atoms with Gasteiger partial charge in [0.25, 0.3) is 0 Å². The van der Waals surface area contributed by atoms with Gasteiger partial charge in [-0.1, -0.05) is 19.8 Å². The van der Waals surface area contributed by atoms with Gasteiger partial charge in [-0.2, -0.15) is 0 Å². The molecule has 5 heteroatoms. The molecule has 21 heavy (non-hydrogen) atoms. The van der Waals surface area contributed by atoms with Crippen molar-refractivity contribution in [1.29, 1.82) is 0 Å². The number of hydrogen-bond acceptors (Lipinski definition) is 3. The highest BCUT2D eigenvalue weighted by atomic mass is 32.2. The third kappa shape index (κ3) is 10.4. The average molecular weight is 313 g/mol. The Morgan fingerprint density at radius 3 is 1.90 bits per heavy atom. The topological polar surface area (TPSA) is 57.2 Å². The number of nitrogens with zero attached hydrogens (tertiary/aromatic N) is 1. The van der Waals surface area contributed by atoms with Crippen LogP contribution in [0.25, 0.3) is 0 Å². The van der Waals surface area contributed by atoms with E-state index in [1.54, 1.807) is 0 Å². The fourth-order valence-electron chi connectivity index (χ4n) is 2.47. The van der Waals surface area contributed by atoms with Gasteiger partial charge < -0.3 is 9.04 Å². The molecule has 0 amide bonds. The van der Waals surface area contributed by atoms with Crippen LogP contribution in [-0.2, 0) is 10.1 Å². The maximum atomic E-state index is 10.6. The van der Waals surface area contributed by atoms with Gasteiger partial charge in [-0.3, -0.25) is 0 Å². The molecular weight excluding hydrogens is 286 g/mol. The first kappa shape index (κ1) is 20.0. The summed E-state index contributed by atoms with van der Waals surface area (Å²) in [6.07, 6.45) is 16.5. The number of hydrogen-bond donors (Lipinski definition) is 0. The lowest BCUT2D eigenvalue weighted by molar-refractivity contribution is -0.915. The van der Waals surface area contributed by atoms with Gasteiger partial charge in [0.15, 0.2) is 0 Å². The van der Waals surface area contributed by atoms with E-state index >= 15 is 0 Å². The molecular formula is C16H27NO3S. The van der Waals surface area contributed by atoms with Crippen LogP contribution in [0.2, 0.25) is 0 Å². The molecule has 0 aromatic rings. The van der Waals surface area contributed by atoms with Gasteiger partial charge in [0, 0.05) is 5.75 Å². The summed E-state index contributed by atoms with van der Waals surface area (Å²) in [4.78, 5) is 0. The Hall–Kier alpha value is -1.01. The quantitative estimate of drug-likeness (QED) is 0.240. The lowest BCUT2D eigenvalue weighted by Crippen LogP contribution is -2.50. The summed E-state index contributed by atoms with van der Waals surface area (Å²) in [6, 6.07) is 0. The van der Waals surface area contributed by atoms with Crippen molar-refractivity contribution in [3.8, 4) is 24.7 Å². The first-order valence-electron chi connectivity index (χ1n) is 7.55. The summed E-state index contributed by atoms with van der Waals surface area (Å²) in [5, 5.41) is 0. The molecule has 0 aliphatic carbocycles. The monoisotopic (exact) mass is 313 g/mol. The van der Waals surface area contributed by atoms with Gasteiger partial charge in [-0.25, -0.2) is 8.42 Å². The third-order valence-electron chi connectivity index (χ3n) is 3.62. The van der Waals surface area contributed by atoms with Crippen molar-refractivity contribution < 1.29 is 17.5 Å². The first-order valence-corrected chi connectivity index (χ1v) is 9.12. The lowest BCUT2D eigenvalue weighted by atomic mass is 10.1. The second-order valence-corrected chi connectivity index (χ2v) is 7.07. The van der Waals surface area contributed by atoms with Crippen LogP contribution < -0.4 is 0 Å². The van der Waals surface area contributed by atoms with Crippen LogP contribution in [0.15, 0.2) is 0 Å². The van der Waals surface area contributed by atoms with E-state index < -0.39 is 10.1 Å². The first-order chi connectivity index (χ1) is 9.89. The largest absolute Gasteiger partial charge is 0.748 e. The van der Waals surface area contributed by atoms with Crippen molar-refractivity contribution in [1.82, 2.24) is 0 Å². The van der Waals surface area contributed by atoms with Crippen LogP contribution in [0.1, 0.15) is 45.4 Å². The molecule has 0 spiro atoms. The maximum Gasteiger partial charge on any atom is 0.141 e. The predicted molar refractivity (Wildman–Crippen MR) is 85.3 cm³/mol. The summed E-state index contributed by atoms with van der Waals surface area (Å²) in [7, 11) is -4.13. The van der Waals surface area contributed by atoms with Crippen molar-refractivity contribution in [2.75, 3.05) is 31.9 Å². The standard InChI is InChI=1S/C16H27NO3S/c1-4-7-8-9-14-17(12-5-2,13-6-3)15-10-11-16-21(18,19)20/h2-3H,4,7-16H2,1H3. The molecule has 120 valence electrons. The maximum absolute atomic E-state index is 10.6. The Labute approximate surface area is 130 Å². The number of quaternary nitrogens is 1. The molecule has 0 saturated carbocycles. The minimum Gasteiger partial charge on any atom is -0.748 e. The molecule has 0 N–H and O–H groups in total. The summed E-state index contributed by atoms with van der Waals surface area (Å²) in [5.74, 6) is 5.07. The van der Waals surface area contributed by atoms with Crippen LogP contribution in [0.3, 0.4) is 0 Å². The van der Waals surface area contributed by atoms with Crippen molar-refractivity contribution in [3.63, 3.8) is 0 Å². The van der Waals surface area contributed by atoms with E-state index in [2.05, 4.69) is 18.8 Å². The molecule has 0 rings (SSSR count). The SMILES string of the molecule is C#CC[N+](CC#C)(CCCCCC)CCCCS(=O)(=O)[O-]. The molecule has 0 bridgehead atoms. The second kappa shape index (κ2) is 10.7. The van der Waals surface area contributed by atoms with Crippen molar-refractivity contribution >= 4 is 10.1 Å². The van der Waals surface area contributed by atoms with E-state index in [4.69, 9.17) is 12.8 Å². The van der Waals surface area contributed by atoms with Crippen molar-refractivity contribution in [2.24, 2.45) is 0 Å². The number of terminal acetylenes is 2. The molecule has 0 saturated heterocycles. The van der Waals surface area contributed by atoms with E-state index in [1.807, 2.05) is 0 Å². The van der Waals surface area contributed by atoms with Crippen LogP contribution >= 0.6 is 0 Å². The summed E-state index contributed by atoms with van der Waals surface area (Å²) >= 11 is 0. The van der Waals surface area contributed by atoms with E-state index in [1.165, 1.54) is 12.8 Å². The van der Waals surface area contributed by atoms with Gasteiger partial charge in [-0.15, -0.1) is 12.8 Å². The van der Waals surface area contributed by atoms with Crippen molar-refractivity contribution in [2.45, 2.75) is 45.4 Å². The fourth-order valence-corrected chi connectivity index (χ4v) is 3.03. The fraction of sp³-hybridized carbons (Fsp3) is 0.750. The Bertz CT molecular complexity index is 441. The third-order valence-corrected chi connectivity index (χ3v) is 4.40. The zero-order chi connectivity index (χ0) is 16.2. The zero-order valence-electron chi connectivity index (χ0n) is 13.0. The predicted octanol–water partition coefficient (Wildman–Crippen LogP) is 1.98. The molecule has 0 aliphatic rings. The van der Waals surface area contributed by atoms with Gasteiger partial charge in [0.2, 0.25) is 0 Å². The average Bonchev–Trinajstić information content (AvgIpc) is 2.39. The van der Waals surface area contributed by atoms with Crippen LogP contribution in [0.5, 0.6) is 0 Å². The Balaban J connectivity index is 4.48. The van der Waals surface area contributed by atoms with E-state index in [0.717, 1.165) is 25.9 Å². The number of unbranched alkanes of at least 4 members (excludes halogenated alkanes) is 4. The van der Waals surface area contributed by atoms with Crippen LogP contribution in [-0.4, -0.2) is 49.4 Å². The summed E-state index contributed by atoms with van der Waals surface area (Å²) in [5.41, 5.74) is 0. The molecule has 0 fully saturated rings. The number of rotatable bonds is 12. The smallest absolute Gasteiger partial charge is 0.141 e. The minimum absolute atomic E-state index is 0.311. The van der Waals surface area contributed by atoms with Gasteiger partial charge in [0.1, 0.15) is 13.1 Å². The van der Waals surface area contributed by atoms with Gasteiger partial charge >= 0.3 is 0 Å². The Morgan fingerprint density at radius 1 is 0.952 bits per heavy atom. The molecule has 0 heterocycles. The van der Waals surface area contributed by atoms with Gasteiger partial charge in [0.05, 0.1) is 23.2 Å². The summed E-state index contributed by atoms with van der Waals surface area (Å²) in [6.45, 7) is 4.92. The Kier molecular flexibility index (Phi) is 10.2. The highest BCUT2D eigenvalue weighted by molar-refractivity contribution is 7.85. The molecule has 0 unspecified atom stereocenters. The van der Waals surface area contributed by atoms with Crippen LogP contribution in [0, 0.1) is 24.7 Å². The molecule has 0 aliphatic heterocycles. The molecule has 0 aromatic heterocycles. The second-order valence-electron chi connectivity index (χ2n) is 5.54. The minimum atomic E-state index is -4.13. The van der Waals surface area contributed by atoms with Gasteiger partial charge in [-0.05, 0) is 37.5 Å². The molecule has 4 nitrogen and oxygen atoms in total. The molecule has 0 radical (unpaired) electrons. The summed E-state index contributed by atoms with van der Waals surface area (Å²) < 4.78 is 32.5. The highest BCUT2D eigenvalue weighted by Crippen LogP contribution is 2.13. The molecule has 0 atom stereocenters. The lowest BCUT2D eigenvalue weighted by Gasteiger charge is -2.35. The Morgan fingerprint density at radius 2 is 1.48 bits per heavy atom. The molecule has 0 aromatic carbocycles. The van der Waals surface area contributed by atoms with Crippen molar-refractivity contribution in [3.05, 3.63) is 0 Å². The van der Waals surface area contributed by atoms with E-state index in [9.17, 15) is 13.0 Å². The van der Waals surface area contributed by atoms with E-state index in [-0.39, 0.29) is 5.75 Å². The zero-order valence-corrected chi connectivity index (χ0v) is 13.8.